The Morgan fingerprint density at radius 3 is 1.94 bits per heavy atom. The molecule has 4 rings (SSSR count). The molecular weight excluding hydrogens is 436 g/mol. The fraction of sp³-hybridized carbons (Fsp3) is 0.538. The van der Waals surface area contributed by atoms with Crippen LogP contribution in [0.4, 0.5) is 17.6 Å². The molecule has 2 aromatic carbocycles. The van der Waals surface area contributed by atoms with Gasteiger partial charge in [0.15, 0.2) is 11.6 Å². The maximum absolute atomic E-state index is 14.9. The first-order valence-electron chi connectivity index (χ1n) is 11.6. The van der Waals surface area contributed by atoms with Crippen molar-refractivity contribution in [2.45, 2.75) is 73.9 Å². The van der Waals surface area contributed by atoms with Gasteiger partial charge in [0.25, 0.3) is 0 Å². The number of rotatable bonds is 6. The zero-order valence-corrected chi connectivity index (χ0v) is 18.9. The SMILES string of the molecule is O=S(c1ccccc1)C(F)C(F)C1CCC(C2CCC(c3ccc(F)c(F)c3)CC2)CC1. The molecule has 1 nitrogen and oxygen atoms in total. The Bertz CT molecular complexity index is 905. The van der Waals surface area contributed by atoms with E-state index in [1.807, 2.05) is 0 Å². The van der Waals surface area contributed by atoms with Crippen molar-refractivity contribution >= 4 is 10.8 Å². The first-order chi connectivity index (χ1) is 15.4. The minimum atomic E-state index is -1.99. The highest BCUT2D eigenvalue weighted by molar-refractivity contribution is 7.85. The molecule has 3 atom stereocenters. The third-order valence-electron chi connectivity index (χ3n) is 7.55. The highest BCUT2D eigenvalue weighted by atomic mass is 32.2. The Morgan fingerprint density at radius 2 is 1.34 bits per heavy atom. The lowest BCUT2D eigenvalue weighted by Crippen LogP contribution is -2.34. The van der Waals surface area contributed by atoms with Crippen LogP contribution in [0, 0.1) is 29.4 Å². The van der Waals surface area contributed by atoms with Crippen LogP contribution in [0.2, 0.25) is 0 Å². The summed E-state index contributed by atoms with van der Waals surface area (Å²) in [5.74, 6) is -0.672. The molecule has 0 spiro atoms. The molecule has 6 heteroatoms. The Hall–Kier alpha value is -1.69. The summed E-state index contributed by atoms with van der Waals surface area (Å²) >= 11 is 0. The van der Waals surface area contributed by atoms with Crippen LogP contribution in [-0.4, -0.2) is 15.9 Å². The number of alkyl halides is 2. The first-order valence-corrected chi connectivity index (χ1v) is 12.8. The molecule has 174 valence electrons. The second-order valence-electron chi connectivity index (χ2n) is 9.37. The fourth-order valence-corrected chi connectivity index (χ4v) is 6.79. The molecule has 0 amide bonds. The van der Waals surface area contributed by atoms with Gasteiger partial charge < -0.3 is 0 Å². The van der Waals surface area contributed by atoms with Gasteiger partial charge in [-0.25, -0.2) is 17.6 Å². The Labute approximate surface area is 190 Å². The van der Waals surface area contributed by atoms with Crippen molar-refractivity contribution in [3.8, 4) is 0 Å². The second-order valence-corrected chi connectivity index (χ2v) is 10.9. The zero-order chi connectivity index (χ0) is 22.7. The molecule has 0 radical (unpaired) electrons. The number of hydrogen-bond donors (Lipinski definition) is 0. The summed E-state index contributed by atoms with van der Waals surface area (Å²) in [5, 5.41) is 0. The van der Waals surface area contributed by atoms with Crippen LogP contribution in [0.5, 0.6) is 0 Å². The molecule has 0 aliphatic heterocycles. The van der Waals surface area contributed by atoms with E-state index in [0.29, 0.717) is 29.6 Å². The van der Waals surface area contributed by atoms with Gasteiger partial charge >= 0.3 is 0 Å². The quantitative estimate of drug-likeness (QED) is 0.403. The van der Waals surface area contributed by atoms with Crippen LogP contribution >= 0.6 is 0 Å². The van der Waals surface area contributed by atoms with Gasteiger partial charge in [0.05, 0.1) is 10.8 Å². The molecule has 0 saturated heterocycles. The molecule has 2 aromatic rings. The third-order valence-corrected chi connectivity index (χ3v) is 8.96. The van der Waals surface area contributed by atoms with Gasteiger partial charge in [-0.15, -0.1) is 0 Å². The van der Waals surface area contributed by atoms with E-state index in [4.69, 9.17) is 0 Å². The third kappa shape index (κ3) is 5.27. The summed E-state index contributed by atoms with van der Waals surface area (Å²) in [7, 11) is -1.99. The minimum absolute atomic E-state index is 0.258. The summed E-state index contributed by atoms with van der Waals surface area (Å²) in [6.45, 7) is 0. The standard InChI is InChI=1S/C26H30F4OS/c27-23-15-14-21(16-24(23)28)19-8-6-17(7-9-19)18-10-12-20(13-11-18)25(29)26(30)32(31)22-4-2-1-3-5-22/h1-5,14-20,25-26H,6-13H2. The van der Waals surface area contributed by atoms with Crippen molar-refractivity contribution in [2.24, 2.45) is 17.8 Å². The molecular formula is C26H30F4OS. The minimum Gasteiger partial charge on any atom is -0.251 e. The molecule has 0 aromatic heterocycles. The van der Waals surface area contributed by atoms with Crippen LogP contribution in [0.3, 0.4) is 0 Å². The molecule has 32 heavy (non-hydrogen) atoms. The van der Waals surface area contributed by atoms with Gasteiger partial charge in [-0.2, -0.15) is 0 Å². The van der Waals surface area contributed by atoms with Gasteiger partial charge in [-0.1, -0.05) is 24.3 Å². The van der Waals surface area contributed by atoms with E-state index in [-0.39, 0.29) is 11.8 Å². The van der Waals surface area contributed by atoms with E-state index < -0.39 is 34.1 Å². The summed E-state index contributed by atoms with van der Waals surface area (Å²) in [6, 6.07) is 12.5. The Kier molecular flexibility index (Phi) is 7.70. The van der Waals surface area contributed by atoms with Crippen molar-refractivity contribution in [1.29, 1.82) is 0 Å². The monoisotopic (exact) mass is 466 g/mol. The molecule has 2 fully saturated rings. The molecule has 2 aliphatic rings. The largest absolute Gasteiger partial charge is 0.251 e. The predicted molar refractivity (Wildman–Crippen MR) is 119 cm³/mol. The summed E-state index contributed by atoms with van der Waals surface area (Å²) in [4.78, 5) is 0.328. The maximum atomic E-state index is 14.9. The van der Waals surface area contributed by atoms with Crippen LogP contribution in [-0.2, 0) is 10.8 Å². The lowest BCUT2D eigenvalue weighted by Gasteiger charge is -2.38. The number of benzene rings is 2. The molecule has 0 heterocycles. The van der Waals surface area contributed by atoms with Gasteiger partial charge in [-0.3, -0.25) is 4.21 Å². The molecule has 2 aliphatic carbocycles. The van der Waals surface area contributed by atoms with Gasteiger partial charge in [0.2, 0.25) is 5.50 Å². The van der Waals surface area contributed by atoms with Crippen molar-refractivity contribution in [3.05, 3.63) is 65.7 Å². The van der Waals surface area contributed by atoms with Crippen molar-refractivity contribution in [2.75, 3.05) is 0 Å². The van der Waals surface area contributed by atoms with Gasteiger partial charge in [0, 0.05) is 4.90 Å². The Morgan fingerprint density at radius 1 is 0.750 bits per heavy atom. The predicted octanol–water partition coefficient (Wildman–Crippen LogP) is 7.49. The van der Waals surface area contributed by atoms with Crippen molar-refractivity contribution < 1.29 is 21.8 Å². The van der Waals surface area contributed by atoms with Gasteiger partial charge in [0.1, 0.15) is 6.17 Å². The zero-order valence-electron chi connectivity index (χ0n) is 18.1. The highest BCUT2D eigenvalue weighted by Gasteiger charge is 2.38. The summed E-state index contributed by atoms with van der Waals surface area (Å²) in [6.07, 6.45) is 5.24. The highest BCUT2D eigenvalue weighted by Crippen LogP contribution is 2.45. The van der Waals surface area contributed by atoms with Gasteiger partial charge in [-0.05, 0) is 105 Å². The maximum Gasteiger partial charge on any atom is 0.210 e. The summed E-state index contributed by atoms with van der Waals surface area (Å²) in [5.41, 5.74) is -1.13. The molecule has 0 bridgehead atoms. The van der Waals surface area contributed by atoms with E-state index in [2.05, 4.69) is 0 Å². The van der Waals surface area contributed by atoms with E-state index in [0.717, 1.165) is 44.1 Å². The molecule has 2 saturated carbocycles. The van der Waals surface area contributed by atoms with Crippen molar-refractivity contribution in [3.63, 3.8) is 0 Å². The number of halogens is 4. The topological polar surface area (TPSA) is 17.1 Å². The normalized spacial score (nSPS) is 29.2. The lowest BCUT2D eigenvalue weighted by molar-refractivity contribution is 0.0899. The number of hydrogen-bond acceptors (Lipinski definition) is 1. The van der Waals surface area contributed by atoms with Crippen LogP contribution in [0.15, 0.2) is 53.4 Å². The van der Waals surface area contributed by atoms with Crippen LogP contribution in [0.25, 0.3) is 0 Å². The average Bonchev–Trinajstić information content (AvgIpc) is 2.85. The van der Waals surface area contributed by atoms with Crippen LogP contribution < -0.4 is 0 Å². The fourth-order valence-electron chi connectivity index (χ4n) is 5.64. The average molecular weight is 467 g/mol. The van der Waals surface area contributed by atoms with E-state index >= 15 is 0 Å². The smallest absolute Gasteiger partial charge is 0.210 e. The van der Waals surface area contributed by atoms with E-state index in [1.165, 1.54) is 12.1 Å². The van der Waals surface area contributed by atoms with E-state index in [1.54, 1.807) is 36.4 Å². The molecule has 0 N–H and O–H groups in total. The Balaban J connectivity index is 1.26. The van der Waals surface area contributed by atoms with E-state index in [9.17, 15) is 21.8 Å². The second kappa shape index (κ2) is 10.5. The first kappa shape index (κ1) is 23.5. The molecule has 3 unspecified atom stereocenters. The summed E-state index contributed by atoms with van der Waals surface area (Å²) < 4.78 is 68.6. The van der Waals surface area contributed by atoms with Crippen LogP contribution in [0.1, 0.15) is 62.8 Å². The lowest BCUT2D eigenvalue weighted by atomic mass is 9.68. The van der Waals surface area contributed by atoms with Crippen molar-refractivity contribution in [1.82, 2.24) is 0 Å².